The third-order valence-electron chi connectivity index (χ3n) is 5.20. The minimum Gasteiger partial charge on any atom is -0.480 e. The van der Waals surface area contributed by atoms with E-state index in [1.807, 2.05) is 0 Å². The Morgan fingerprint density at radius 1 is 1.14 bits per heavy atom. The van der Waals surface area contributed by atoms with E-state index in [2.05, 4.69) is 19.2 Å². The first-order chi connectivity index (χ1) is 9.94. The number of amides is 1. The molecule has 1 amide bonds. The van der Waals surface area contributed by atoms with Gasteiger partial charge in [-0.05, 0) is 37.5 Å². The molecule has 5 nitrogen and oxygen atoms in total. The van der Waals surface area contributed by atoms with E-state index in [1.165, 1.54) is 0 Å². The van der Waals surface area contributed by atoms with Gasteiger partial charge in [0.25, 0.3) is 0 Å². The van der Waals surface area contributed by atoms with Crippen LogP contribution in [0.1, 0.15) is 52.4 Å². The summed E-state index contributed by atoms with van der Waals surface area (Å²) in [6.07, 6.45) is 4.60. The molecule has 0 aromatic heterocycles. The van der Waals surface area contributed by atoms with Crippen LogP contribution in [0.2, 0.25) is 0 Å². The molecule has 2 aliphatic rings. The van der Waals surface area contributed by atoms with E-state index in [4.69, 9.17) is 4.74 Å². The van der Waals surface area contributed by atoms with Gasteiger partial charge < -0.3 is 15.2 Å². The lowest BCUT2D eigenvalue weighted by molar-refractivity contribution is -0.153. The monoisotopic (exact) mass is 297 g/mol. The topological polar surface area (TPSA) is 75.6 Å². The molecule has 0 bridgehead atoms. The SMILES string of the molecule is CC(C)C1CCC(C(=O)NC2(C(=O)O)CCOCC2)CC1. The maximum atomic E-state index is 12.4. The molecule has 0 aromatic rings. The van der Waals surface area contributed by atoms with Crippen molar-refractivity contribution in [1.82, 2.24) is 5.32 Å². The van der Waals surface area contributed by atoms with E-state index in [9.17, 15) is 14.7 Å². The molecule has 120 valence electrons. The molecule has 1 saturated heterocycles. The molecule has 2 fully saturated rings. The molecule has 0 radical (unpaired) electrons. The molecule has 0 aromatic carbocycles. The fourth-order valence-corrected chi connectivity index (χ4v) is 3.50. The standard InChI is InChI=1S/C16H27NO4/c1-11(2)12-3-5-13(6-4-12)14(18)17-16(15(19)20)7-9-21-10-8-16/h11-13H,3-10H2,1-2H3,(H,17,18)(H,19,20). The number of carboxylic acids is 1. The van der Waals surface area contributed by atoms with Crippen LogP contribution in [0.4, 0.5) is 0 Å². The van der Waals surface area contributed by atoms with Gasteiger partial charge >= 0.3 is 5.97 Å². The Labute approximate surface area is 126 Å². The lowest BCUT2D eigenvalue weighted by atomic mass is 9.76. The zero-order chi connectivity index (χ0) is 15.5. The minimum absolute atomic E-state index is 0.0286. The van der Waals surface area contributed by atoms with Gasteiger partial charge in [-0.15, -0.1) is 0 Å². The summed E-state index contributed by atoms with van der Waals surface area (Å²) in [5.74, 6) is 0.316. The lowest BCUT2D eigenvalue weighted by Crippen LogP contribution is -2.58. The Morgan fingerprint density at radius 3 is 2.19 bits per heavy atom. The summed E-state index contributed by atoms with van der Waals surface area (Å²) in [4.78, 5) is 24.0. The van der Waals surface area contributed by atoms with E-state index < -0.39 is 11.5 Å². The van der Waals surface area contributed by atoms with Gasteiger partial charge in [0.2, 0.25) is 5.91 Å². The third kappa shape index (κ3) is 3.76. The molecule has 2 rings (SSSR count). The number of hydrogen-bond acceptors (Lipinski definition) is 3. The van der Waals surface area contributed by atoms with Gasteiger partial charge in [-0.2, -0.15) is 0 Å². The molecule has 0 spiro atoms. The first-order valence-corrected chi connectivity index (χ1v) is 8.08. The van der Waals surface area contributed by atoms with Crippen LogP contribution >= 0.6 is 0 Å². The highest BCUT2D eigenvalue weighted by Crippen LogP contribution is 2.34. The highest BCUT2D eigenvalue weighted by Gasteiger charge is 2.43. The third-order valence-corrected chi connectivity index (χ3v) is 5.20. The number of hydrogen-bond donors (Lipinski definition) is 2. The predicted octanol–water partition coefficient (Wildman–Crippen LogP) is 2.20. The Balaban J connectivity index is 1.93. The summed E-state index contributed by atoms with van der Waals surface area (Å²) >= 11 is 0. The van der Waals surface area contributed by atoms with Crippen molar-refractivity contribution in [2.45, 2.75) is 57.9 Å². The van der Waals surface area contributed by atoms with Gasteiger partial charge in [0.05, 0.1) is 0 Å². The second-order valence-corrected chi connectivity index (χ2v) is 6.84. The molecule has 21 heavy (non-hydrogen) atoms. The summed E-state index contributed by atoms with van der Waals surface area (Å²) < 4.78 is 5.23. The molecule has 1 heterocycles. The van der Waals surface area contributed by atoms with Crippen LogP contribution in [0.5, 0.6) is 0 Å². The summed E-state index contributed by atoms with van der Waals surface area (Å²) in [5, 5.41) is 12.3. The van der Waals surface area contributed by atoms with Crippen LogP contribution in [0, 0.1) is 17.8 Å². The van der Waals surface area contributed by atoms with Crippen LogP contribution in [0.3, 0.4) is 0 Å². The van der Waals surface area contributed by atoms with Crippen LogP contribution in [0.15, 0.2) is 0 Å². The van der Waals surface area contributed by atoms with Gasteiger partial charge in [0.15, 0.2) is 0 Å². The summed E-state index contributed by atoms with van der Waals surface area (Å²) in [5.41, 5.74) is -1.12. The Hall–Kier alpha value is -1.10. The van der Waals surface area contributed by atoms with Crippen molar-refractivity contribution in [2.24, 2.45) is 17.8 Å². The van der Waals surface area contributed by atoms with Crippen LogP contribution < -0.4 is 5.32 Å². The number of rotatable bonds is 4. The first kappa shape index (κ1) is 16.3. The molecule has 0 atom stereocenters. The molecule has 2 N–H and O–H groups in total. The second-order valence-electron chi connectivity index (χ2n) is 6.84. The van der Waals surface area contributed by atoms with Crippen molar-refractivity contribution in [3.63, 3.8) is 0 Å². The fraction of sp³-hybridized carbons (Fsp3) is 0.875. The van der Waals surface area contributed by atoms with E-state index in [1.54, 1.807) is 0 Å². The summed E-state index contributed by atoms with van der Waals surface area (Å²) in [6.45, 7) is 5.25. The summed E-state index contributed by atoms with van der Waals surface area (Å²) in [6, 6.07) is 0. The van der Waals surface area contributed by atoms with Crippen LogP contribution in [0.25, 0.3) is 0 Å². The second kappa shape index (κ2) is 6.77. The number of aliphatic carboxylic acids is 1. The Morgan fingerprint density at radius 2 is 1.71 bits per heavy atom. The Bertz CT molecular complexity index is 380. The van der Waals surface area contributed by atoms with E-state index in [0.717, 1.165) is 25.7 Å². The summed E-state index contributed by atoms with van der Waals surface area (Å²) in [7, 11) is 0. The van der Waals surface area contributed by atoms with Crippen molar-refractivity contribution in [3.8, 4) is 0 Å². The zero-order valence-electron chi connectivity index (χ0n) is 13.1. The molecule has 0 unspecified atom stereocenters. The van der Waals surface area contributed by atoms with Crippen LogP contribution in [-0.2, 0) is 14.3 Å². The predicted molar refractivity (Wildman–Crippen MR) is 78.8 cm³/mol. The van der Waals surface area contributed by atoms with Crippen molar-refractivity contribution >= 4 is 11.9 Å². The van der Waals surface area contributed by atoms with Crippen LogP contribution in [-0.4, -0.2) is 35.7 Å². The minimum atomic E-state index is -1.12. The average Bonchev–Trinajstić information content (AvgIpc) is 2.48. The van der Waals surface area contributed by atoms with Crippen molar-refractivity contribution < 1.29 is 19.4 Å². The van der Waals surface area contributed by atoms with E-state index >= 15 is 0 Å². The lowest BCUT2D eigenvalue weighted by Gasteiger charge is -2.36. The maximum absolute atomic E-state index is 12.4. The number of carbonyl (C=O) groups excluding carboxylic acids is 1. The highest BCUT2D eigenvalue weighted by molar-refractivity contribution is 5.88. The van der Waals surface area contributed by atoms with Gasteiger partial charge in [-0.1, -0.05) is 13.8 Å². The zero-order valence-corrected chi connectivity index (χ0v) is 13.1. The largest absolute Gasteiger partial charge is 0.480 e. The molecule has 1 aliphatic carbocycles. The number of ether oxygens (including phenoxy) is 1. The molecular weight excluding hydrogens is 270 g/mol. The molecule has 1 aliphatic heterocycles. The van der Waals surface area contributed by atoms with Crippen molar-refractivity contribution in [1.29, 1.82) is 0 Å². The molecule has 1 saturated carbocycles. The van der Waals surface area contributed by atoms with Crippen molar-refractivity contribution in [2.75, 3.05) is 13.2 Å². The van der Waals surface area contributed by atoms with E-state index in [0.29, 0.717) is 37.9 Å². The Kier molecular flexibility index (Phi) is 5.25. The normalized spacial score (nSPS) is 29.1. The van der Waals surface area contributed by atoms with E-state index in [-0.39, 0.29) is 11.8 Å². The molecule has 5 heteroatoms. The average molecular weight is 297 g/mol. The first-order valence-electron chi connectivity index (χ1n) is 8.08. The fourth-order valence-electron chi connectivity index (χ4n) is 3.50. The smallest absolute Gasteiger partial charge is 0.329 e. The van der Waals surface area contributed by atoms with Crippen molar-refractivity contribution in [3.05, 3.63) is 0 Å². The van der Waals surface area contributed by atoms with Gasteiger partial charge in [0.1, 0.15) is 5.54 Å². The maximum Gasteiger partial charge on any atom is 0.329 e. The number of carbonyl (C=O) groups is 2. The quantitative estimate of drug-likeness (QED) is 0.834. The molecular formula is C16H27NO4. The van der Waals surface area contributed by atoms with Gasteiger partial charge in [-0.3, -0.25) is 4.79 Å². The number of carboxylic acid groups (broad SMARTS) is 1. The number of nitrogens with one attached hydrogen (secondary N) is 1. The van der Waals surface area contributed by atoms with Gasteiger partial charge in [-0.25, -0.2) is 4.79 Å². The van der Waals surface area contributed by atoms with Gasteiger partial charge in [0, 0.05) is 32.0 Å². The highest BCUT2D eigenvalue weighted by atomic mass is 16.5.